The lowest BCUT2D eigenvalue weighted by molar-refractivity contribution is 0.148. The summed E-state index contributed by atoms with van der Waals surface area (Å²) in [6.45, 7) is 2.15. The lowest BCUT2D eigenvalue weighted by Gasteiger charge is -2.15. The van der Waals surface area contributed by atoms with Crippen LogP contribution in [0.25, 0.3) is 0 Å². The molecule has 3 nitrogen and oxygen atoms in total. The summed E-state index contributed by atoms with van der Waals surface area (Å²) in [4.78, 5) is 11.3. The fourth-order valence-electron chi connectivity index (χ4n) is 1.99. The smallest absolute Gasteiger partial charge is 0.407 e. The molecule has 0 bridgehead atoms. The van der Waals surface area contributed by atoms with Crippen LogP contribution in [0.1, 0.15) is 23.4 Å². The van der Waals surface area contributed by atoms with Crippen molar-refractivity contribution >= 4 is 17.7 Å². The molecule has 0 aliphatic heterocycles. The van der Waals surface area contributed by atoms with Crippen LogP contribution >= 0.6 is 11.6 Å². The molecule has 1 aliphatic rings. The van der Waals surface area contributed by atoms with Gasteiger partial charge in [0.05, 0.1) is 18.0 Å². The van der Waals surface area contributed by atoms with Crippen LogP contribution in [0.2, 0.25) is 0 Å². The Morgan fingerprint density at radius 1 is 1.56 bits per heavy atom. The van der Waals surface area contributed by atoms with Crippen molar-refractivity contribution in [3.8, 4) is 0 Å². The number of benzene rings is 1. The maximum atomic E-state index is 11.3. The number of halogens is 1. The van der Waals surface area contributed by atoms with Crippen molar-refractivity contribution in [1.82, 2.24) is 5.32 Å². The lowest BCUT2D eigenvalue weighted by atomic mass is 10.1. The van der Waals surface area contributed by atoms with E-state index in [1.165, 1.54) is 5.56 Å². The molecule has 1 amide bonds. The average Bonchev–Trinajstić information content (AvgIpc) is 2.57. The normalized spacial score (nSPS) is 22.6. The largest absolute Gasteiger partial charge is 0.450 e. The Labute approximate surface area is 99.7 Å². The van der Waals surface area contributed by atoms with E-state index in [-0.39, 0.29) is 11.4 Å². The van der Waals surface area contributed by atoms with Gasteiger partial charge in [-0.05, 0) is 24.5 Å². The molecular weight excluding hydrogens is 226 g/mol. The number of hydrogen-bond donors (Lipinski definition) is 1. The number of carbonyl (C=O) groups is 1. The summed E-state index contributed by atoms with van der Waals surface area (Å²) in [5.74, 6) is 0. The molecule has 0 radical (unpaired) electrons. The van der Waals surface area contributed by atoms with Gasteiger partial charge in [0.2, 0.25) is 0 Å². The number of fused-ring (bicyclic) bond motifs is 1. The van der Waals surface area contributed by atoms with Gasteiger partial charge >= 0.3 is 6.09 Å². The Balaban J connectivity index is 2.04. The van der Waals surface area contributed by atoms with Gasteiger partial charge in [-0.15, -0.1) is 11.6 Å². The second kappa shape index (κ2) is 4.74. The van der Waals surface area contributed by atoms with Gasteiger partial charge in [0.25, 0.3) is 0 Å². The minimum absolute atomic E-state index is 0.0712. The summed E-state index contributed by atoms with van der Waals surface area (Å²) in [5.41, 5.74) is 2.30. The molecule has 1 N–H and O–H groups in total. The van der Waals surface area contributed by atoms with Crippen LogP contribution in [0.3, 0.4) is 0 Å². The first-order chi connectivity index (χ1) is 7.72. The zero-order valence-corrected chi connectivity index (χ0v) is 9.83. The van der Waals surface area contributed by atoms with Crippen molar-refractivity contribution in [2.45, 2.75) is 24.8 Å². The third-order valence-corrected chi connectivity index (χ3v) is 3.26. The number of nitrogens with one attached hydrogen (secondary N) is 1. The molecule has 0 spiro atoms. The van der Waals surface area contributed by atoms with Gasteiger partial charge in [0.15, 0.2) is 0 Å². The van der Waals surface area contributed by atoms with Crippen LogP contribution in [0.15, 0.2) is 24.3 Å². The highest BCUT2D eigenvalue weighted by molar-refractivity contribution is 6.21. The number of amides is 1. The molecule has 0 heterocycles. The lowest BCUT2D eigenvalue weighted by Crippen LogP contribution is -2.36. The molecule has 0 aromatic heterocycles. The van der Waals surface area contributed by atoms with E-state index >= 15 is 0 Å². The molecule has 2 rings (SSSR count). The predicted octanol–water partition coefficient (Wildman–Crippen LogP) is 2.64. The molecule has 0 saturated heterocycles. The second-order valence-electron chi connectivity index (χ2n) is 3.78. The van der Waals surface area contributed by atoms with E-state index < -0.39 is 6.09 Å². The molecule has 1 aromatic rings. The number of carbonyl (C=O) groups excluding carboxylic acids is 1. The van der Waals surface area contributed by atoms with E-state index in [1.807, 2.05) is 24.3 Å². The van der Waals surface area contributed by atoms with Gasteiger partial charge in [0.1, 0.15) is 0 Å². The van der Waals surface area contributed by atoms with Gasteiger partial charge in [0, 0.05) is 0 Å². The number of hydrogen-bond acceptors (Lipinski definition) is 2. The molecule has 1 aliphatic carbocycles. The first-order valence-electron chi connectivity index (χ1n) is 5.37. The number of alkyl carbamates (subject to hydrolysis) is 1. The standard InChI is InChI=1S/C12H14ClNO2/c1-2-16-12(15)14-10-7-8-5-3-4-6-9(8)11(10)13/h3-6,10-11H,2,7H2,1H3,(H,14,15)/t10-,11-/m1/s1. The molecule has 0 saturated carbocycles. The molecule has 4 heteroatoms. The van der Waals surface area contributed by atoms with Crippen molar-refractivity contribution in [3.63, 3.8) is 0 Å². The topological polar surface area (TPSA) is 38.3 Å². The SMILES string of the molecule is CCOC(=O)N[C@@H]1Cc2ccccc2[C@H]1Cl. The van der Waals surface area contributed by atoms with Gasteiger partial charge < -0.3 is 10.1 Å². The predicted molar refractivity (Wildman–Crippen MR) is 62.7 cm³/mol. The van der Waals surface area contributed by atoms with Crippen molar-refractivity contribution in [2.75, 3.05) is 6.61 Å². The quantitative estimate of drug-likeness (QED) is 0.806. The summed E-state index contributed by atoms with van der Waals surface area (Å²) >= 11 is 6.28. The van der Waals surface area contributed by atoms with Crippen LogP contribution in [0.4, 0.5) is 4.79 Å². The van der Waals surface area contributed by atoms with E-state index in [4.69, 9.17) is 16.3 Å². The Morgan fingerprint density at radius 2 is 2.31 bits per heavy atom. The van der Waals surface area contributed by atoms with Gasteiger partial charge in [-0.1, -0.05) is 24.3 Å². The number of rotatable bonds is 2. The fraction of sp³-hybridized carbons (Fsp3) is 0.417. The summed E-state index contributed by atoms with van der Waals surface area (Å²) < 4.78 is 4.84. The van der Waals surface area contributed by atoms with Crippen LogP contribution < -0.4 is 5.32 Å². The summed E-state index contributed by atoms with van der Waals surface area (Å²) in [6, 6.07) is 7.91. The molecule has 0 unspecified atom stereocenters. The first-order valence-corrected chi connectivity index (χ1v) is 5.81. The highest BCUT2D eigenvalue weighted by Crippen LogP contribution is 2.36. The maximum Gasteiger partial charge on any atom is 0.407 e. The minimum atomic E-state index is -0.397. The third kappa shape index (κ3) is 2.14. The average molecular weight is 240 g/mol. The van der Waals surface area contributed by atoms with Crippen LogP contribution in [0.5, 0.6) is 0 Å². The highest BCUT2D eigenvalue weighted by Gasteiger charge is 2.31. The number of alkyl halides is 1. The van der Waals surface area contributed by atoms with E-state index in [0.29, 0.717) is 6.61 Å². The zero-order chi connectivity index (χ0) is 11.5. The fourth-order valence-corrected chi connectivity index (χ4v) is 2.36. The van der Waals surface area contributed by atoms with Gasteiger partial charge in [-0.3, -0.25) is 0 Å². The van der Waals surface area contributed by atoms with Crippen LogP contribution in [0, 0.1) is 0 Å². The number of ether oxygens (including phenoxy) is 1. The molecule has 1 aromatic carbocycles. The summed E-state index contributed by atoms with van der Waals surface area (Å²) in [7, 11) is 0. The van der Waals surface area contributed by atoms with Gasteiger partial charge in [-0.25, -0.2) is 4.79 Å². The molecule has 86 valence electrons. The molecular formula is C12H14ClNO2. The van der Waals surface area contributed by atoms with E-state index in [2.05, 4.69) is 5.32 Å². The third-order valence-electron chi connectivity index (χ3n) is 2.72. The first kappa shape index (κ1) is 11.3. The van der Waals surface area contributed by atoms with Crippen molar-refractivity contribution in [1.29, 1.82) is 0 Å². The van der Waals surface area contributed by atoms with Crippen LogP contribution in [-0.4, -0.2) is 18.7 Å². The minimum Gasteiger partial charge on any atom is -0.450 e. The highest BCUT2D eigenvalue weighted by atomic mass is 35.5. The Hall–Kier alpha value is -1.22. The Kier molecular flexibility index (Phi) is 3.34. The summed E-state index contributed by atoms with van der Waals surface area (Å²) in [6.07, 6.45) is 0.370. The second-order valence-corrected chi connectivity index (χ2v) is 4.25. The molecule has 16 heavy (non-hydrogen) atoms. The van der Waals surface area contributed by atoms with Crippen molar-refractivity contribution in [3.05, 3.63) is 35.4 Å². The Bertz CT molecular complexity index is 394. The van der Waals surface area contributed by atoms with Crippen molar-refractivity contribution < 1.29 is 9.53 Å². The summed E-state index contributed by atoms with van der Waals surface area (Å²) in [5, 5.41) is 2.62. The van der Waals surface area contributed by atoms with Crippen molar-refractivity contribution in [2.24, 2.45) is 0 Å². The van der Waals surface area contributed by atoms with E-state index in [0.717, 1.165) is 12.0 Å². The van der Waals surface area contributed by atoms with E-state index in [1.54, 1.807) is 6.92 Å². The zero-order valence-electron chi connectivity index (χ0n) is 9.07. The molecule has 2 atom stereocenters. The van der Waals surface area contributed by atoms with E-state index in [9.17, 15) is 4.79 Å². The van der Waals surface area contributed by atoms with Gasteiger partial charge in [-0.2, -0.15) is 0 Å². The Morgan fingerprint density at radius 3 is 3.00 bits per heavy atom. The van der Waals surface area contributed by atoms with Crippen LogP contribution in [-0.2, 0) is 11.2 Å². The maximum absolute atomic E-state index is 11.3. The monoisotopic (exact) mass is 239 g/mol. The molecule has 0 fully saturated rings.